The summed E-state index contributed by atoms with van der Waals surface area (Å²) in [7, 11) is 23.4. The summed E-state index contributed by atoms with van der Waals surface area (Å²) in [5, 5.41) is 0. The van der Waals surface area contributed by atoms with E-state index in [0.717, 1.165) is 0 Å². The van der Waals surface area contributed by atoms with Gasteiger partial charge in [-0.3, -0.25) is 0 Å². The van der Waals surface area contributed by atoms with Gasteiger partial charge in [-0.15, -0.1) is 0 Å². The van der Waals surface area contributed by atoms with E-state index < -0.39 is 11.9 Å². The molecule has 0 N–H and O–H groups in total. The maximum absolute atomic E-state index is 5.02. The van der Waals surface area contributed by atoms with E-state index in [-0.39, 0.29) is 0 Å². The number of rotatable bonds is 3. The molecule has 0 atom stereocenters. The molecular formula is C4H10Cl4MoO2. The molecule has 0 aromatic rings. The predicted octanol–water partition coefficient (Wildman–Crippen LogP) is 3.03. The normalized spacial score (nSPS) is 11.8. The predicted molar refractivity (Wildman–Crippen MR) is 47.2 cm³/mol. The molecular weight excluding hydrogens is 318 g/mol. The van der Waals surface area contributed by atoms with Crippen molar-refractivity contribution in [2.75, 3.05) is 27.4 Å². The van der Waals surface area contributed by atoms with Crippen LogP contribution in [0.1, 0.15) is 0 Å². The Kier molecular flexibility index (Phi) is 13.7. The summed E-state index contributed by atoms with van der Waals surface area (Å²) in [5.74, 6) is 0. The van der Waals surface area contributed by atoms with Crippen LogP contribution in [0.3, 0.4) is 0 Å². The SMILES string of the molecule is COCCOC.[Cl][Mo]([Cl])([Cl])[Cl]. The van der Waals surface area contributed by atoms with E-state index in [1.807, 2.05) is 0 Å². The molecule has 0 heterocycles. The molecule has 0 unspecified atom stereocenters. The quantitative estimate of drug-likeness (QED) is 0.586. The Morgan fingerprint density at radius 3 is 1.18 bits per heavy atom. The third-order valence-corrected chi connectivity index (χ3v) is 0.492. The molecule has 0 saturated heterocycles. The fourth-order valence-corrected chi connectivity index (χ4v) is 0.167. The average molecular weight is 328 g/mol. The second kappa shape index (κ2) is 9.85. The minimum absolute atomic E-state index is 0.691. The summed E-state index contributed by atoms with van der Waals surface area (Å²) in [6.07, 6.45) is 0. The Hall–Kier alpha value is 1.77. The van der Waals surface area contributed by atoms with Gasteiger partial charge >= 0.3 is 49.6 Å². The molecule has 0 fully saturated rings. The molecule has 0 aliphatic heterocycles. The molecule has 0 aliphatic carbocycles. The molecule has 0 radical (unpaired) electrons. The Morgan fingerprint density at radius 1 is 0.909 bits per heavy atom. The first-order valence-corrected chi connectivity index (χ1v) is 12.8. The van der Waals surface area contributed by atoms with Crippen molar-refractivity contribution in [2.24, 2.45) is 0 Å². The van der Waals surface area contributed by atoms with E-state index in [0.29, 0.717) is 13.2 Å². The number of halogens is 4. The summed E-state index contributed by atoms with van der Waals surface area (Å²) in [4.78, 5) is 0. The first-order valence-electron chi connectivity index (χ1n) is 2.51. The summed E-state index contributed by atoms with van der Waals surface area (Å²) < 4.78 is 9.31. The first-order chi connectivity index (χ1) is 4.91. The van der Waals surface area contributed by atoms with Crippen molar-refractivity contribution in [3.05, 3.63) is 0 Å². The van der Waals surface area contributed by atoms with Crippen LogP contribution in [0.15, 0.2) is 0 Å². The van der Waals surface area contributed by atoms with Gasteiger partial charge < -0.3 is 9.47 Å². The first kappa shape index (κ1) is 15.2. The summed E-state index contributed by atoms with van der Waals surface area (Å²) >= 11 is -3.13. The van der Waals surface area contributed by atoms with Crippen LogP contribution < -0.4 is 0 Å². The van der Waals surface area contributed by atoms with Crippen molar-refractivity contribution in [2.45, 2.75) is 0 Å². The fourth-order valence-electron chi connectivity index (χ4n) is 0.167. The van der Waals surface area contributed by atoms with E-state index in [2.05, 4.69) is 9.47 Å². The molecule has 0 aromatic heterocycles. The fraction of sp³-hybridized carbons (Fsp3) is 1.00. The van der Waals surface area contributed by atoms with Gasteiger partial charge in [0.1, 0.15) is 0 Å². The van der Waals surface area contributed by atoms with Crippen LogP contribution in [0.5, 0.6) is 0 Å². The molecule has 0 aromatic carbocycles. The Labute approximate surface area is 85.9 Å². The zero-order valence-electron chi connectivity index (χ0n) is 6.15. The van der Waals surface area contributed by atoms with Gasteiger partial charge in [-0.05, 0) is 0 Å². The van der Waals surface area contributed by atoms with Crippen LogP contribution in [-0.2, 0) is 21.4 Å². The topological polar surface area (TPSA) is 18.5 Å². The van der Waals surface area contributed by atoms with Gasteiger partial charge in [-0.1, -0.05) is 0 Å². The van der Waals surface area contributed by atoms with Gasteiger partial charge in [0, 0.05) is 14.2 Å². The molecule has 0 bridgehead atoms. The van der Waals surface area contributed by atoms with Crippen molar-refractivity contribution in [3.8, 4) is 0 Å². The average Bonchev–Trinajstić information content (AvgIpc) is 1.79. The Balaban J connectivity index is 0. The Morgan fingerprint density at radius 2 is 1.09 bits per heavy atom. The van der Waals surface area contributed by atoms with Gasteiger partial charge in [0.25, 0.3) is 0 Å². The number of hydrogen-bond acceptors (Lipinski definition) is 2. The van der Waals surface area contributed by atoms with Crippen molar-refractivity contribution in [3.63, 3.8) is 0 Å². The van der Waals surface area contributed by atoms with Crippen LogP contribution >= 0.6 is 37.7 Å². The van der Waals surface area contributed by atoms with E-state index in [1.165, 1.54) is 0 Å². The van der Waals surface area contributed by atoms with Gasteiger partial charge in [0.05, 0.1) is 13.2 Å². The molecule has 0 spiro atoms. The zero-order chi connectivity index (χ0) is 9.33. The number of methoxy groups -OCH3 is 2. The van der Waals surface area contributed by atoms with Crippen LogP contribution in [0.25, 0.3) is 0 Å². The maximum atomic E-state index is 5.02. The van der Waals surface area contributed by atoms with Gasteiger partial charge in [-0.2, -0.15) is 0 Å². The molecule has 11 heavy (non-hydrogen) atoms. The standard InChI is InChI=1S/C4H10O2.4ClH.Mo/c1-5-3-4-6-2;;;;;/h3-4H2,1-2H3;4*1H;/q;;;;;+4/p-4. The molecule has 0 amide bonds. The van der Waals surface area contributed by atoms with Crippen LogP contribution in [0.2, 0.25) is 0 Å². The monoisotopic (exact) mass is 328 g/mol. The third kappa shape index (κ3) is 49.4. The summed E-state index contributed by atoms with van der Waals surface area (Å²) in [5.41, 5.74) is 0. The van der Waals surface area contributed by atoms with Gasteiger partial charge in [0.2, 0.25) is 0 Å². The van der Waals surface area contributed by atoms with Crippen molar-refractivity contribution in [1.29, 1.82) is 0 Å². The van der Waals surface area contributed by atoms with E-state index in [4.69, 9.17) is 37.7 Å². The van der Waals surface area contributed by atoms with Gasteiger partial charge in [-0.25, -0.2) is 0 Å². The summed E-state index contributed by atoms with van der Waals surface area (Å²) in [6, 6.07) is 0. The molecule has 2 nitrogen and oxygen atoms in total. The molecule has 72 valence electrons. The zero-order valence-corrected chi connectivity index (χ0v) is 11.2. The second-order valence-corrected chi connectivity index (χ2v) is 19.6. The van der Waals surface area contributed by atoms with E-state index in [9.17, 15) is 0 Å². The Bertz CT molecular complexity index is 67.0. The van der Waals surface area contributed by atoms with Crippen LogP contribution in [0.4, 0.5) is 0 Å². The van der Waals surface area contributed by atoms with E-state index >= 15 is 0 Å². The molecule has 7 heteroatoms. The van der Waals surface area contributed by atoms with Crippen molar-refractivity contribution >= 4 is 37.7 Å². The van der Waals surface area contributed by atoms with Crippen molar-refractivity contribution in [1.82, 2.24) is 0 Å². The number of ether oxygens (including phenoxy) is 2. The number of hydrogen-bond donors (Lipinski definition) is 0. The van der Waals surface area contributed by atoms with Crippen molar-refractivity contribution < 1.29 is 21.4 Å². The molecule has 0 aliphatic rings. The third-order valence-electron chi connectivity index (χ3n) is 0.492. The molecule has 0 saturated carbocycles. The van der Waals surface area contributed by atoms with Crippen LogP contribution in [0, 0.1) is 0 Å². The summed E-state index contributed by atoms with van der Waals surface area (Å²) in [6.45, 7) is 1.38. The van der Waals surface area contributed by atoms with E-state index in [1.54, 1.807) is 14.2 Å². The molecule has 0 rings (SSSR count). The van der Waals surface area contributed by atoms with Gasteiger partial charge in [0.15, 0.2) is 0 Å². The second-order valence-electron chi connectivity index (χ2n) is 1.34. The minimum atomic E-state index is -3.13. The van der Waals surface area contributed by atoms with Crippen LogP contribution in [-0.4, -0.2) is 27.4 Å².